The fraction of sp³-hybridized carbons (Fsp3) is 0.800. The lowest BCUT2D eigenvalue weighted by atomic mass is 10.2. The summed E-state index contributed by atoms with van der Waals surface area (Å²) in [5, 5.41) is 20.0. The van der Waals surface area contributed by atoms with Gasteiger partial charge in [-0.15, -0.1) is 0 Å². The van der Waals surface area contributed by atoms with Gasteiger partial charge in [-0.2, -0.15) is 0 Å². The molecule has 0 radical (unpaired) electrons. The average molecular weight is 233 g/mol. The monoisotopic (exact) mass is 233 g/mol. The van der Waals surface area contributed by atoms with Crippen LogP contribution in [0.2, 0.25) is 0 Å². The molecule has 0 saturated carbocycles. The number of hydrogen-bond donors (Lipinski definition) is 3. The number of alkyl carbamates (subject to hydrolysis) is 1. The Balaban J connectivity index is 3.66. The highest BCUT2D eigenvalue weighted by Crippen LogP contribution is 2.06. The molecule has 0 saturated heterocycles. The highest BCUT2D eigenvalue weighted by molar-refractivity contribution is 5.68. The summed E-state index contributed by atoms with van der Waals surface area (Å²) in [5.74, 6) is -1.07. The maximum atomic E-state index is 11.1. The standard InChI is InChI=1S/C10H19NO5/c1-10(2,3)16-9(15)11-5-4-7(12)6-8(13)14/h7,12H,4-6H2,1-3H3,(H,11,15)(H,13,14). The first-order valence-electron chi connectivity index (χ1n) is 5.07. The van der Waals surface area contributed by atoms with Gasteiger partial charge in [-0.1, -0.05) is 0 Å². The van der Waals surface area contributed by atoms with Crippen molar-refractivity contribution < 1.29 is 24.5 Å². The molecule has 0 rings (SSSR count). The normalized spacial score (nSPS) is 13.0. The van der Waals surface area contributed by atoms with Crippen LogP contribution < -0.4 is 5.32 Å². The van der Waals surface area contributed by atoms with Gasteiger partial charge >= 0.3 is 12.1 Å². The molecule has 1 unspecified atom stereocenters. The molecule has 1 atom stereocenters. The summed E-state index contributed by atoms with van der Waals surface area (Å²) in [6, 6.07) is 0. The van der Waals surface area contributed by atoms with Crippen molar-refractivity contribution in [1.82, 2.24) is 5.32 Å². The molecule has 0 spiro atoms. The van der Waals surface area contributed by atoms with Crippen molar-refractivity contribution in [1.29, 1.82) is 0 Å². The van der Waals surface area contributed by atoms with Gasteiger partial charge in [-0.25, -0.2) is 4.79 Å². The summed E-state index contributed by atoms with van der Waals surface area (Å²) in [5.41, 5.74) is -0.566. The quantitative estimate of drug-likeness (QED) is 0.650. The van der Waals surface area contributed by atoms with Crippen molar-refractivity contribution in [3.8, 4) is 0 Å². The minimum absolute atomic E-state index is 0.184. The zero-order valence-electron chi connectivity index (χ0n) is 9.82. The highest BCUT2D eigenvalue weighted by Gasteiger charge is 2.16. The van der Waals surface area contributed by atoms with E-state index in [4.69, 9.17) is 9.84 Å². The summed E-state index contributed by atoms with van der Waals surface area (Å²) in [4.78, 5) is 21.4. The number of ether oxygens (including phenoxy) is 1. The van der Waals surface area contributed by atoms with Crippen LogP contribution in [0.1, 0.15) is 33.6 Å². The zero-order chi connectivity index (χ0) is 12.8. The van der Waals surface area contributed by atoms with Crippen LogP contribution in [0, 0.1) is 0 Å². The van der Waals surface area contributed by atoms with Gasteiger partial charge in [0.25, 0.3) is 0 Å². The molecule has 16 heavy (non-hydrogen) atoms. The van der Waals surface area contributed by atoms with Crippen molar-refractivity contribution in [2.45, 2.75) is 45.3 Å². The summed E-state index contributed by atoms with van der Waals surface area (Å²) in [7, 11) is 0. The Morgan fingerprint density at radius 1 is 1.38 bits per heavy atom. The Morgan fingerprint density at radius 2 is 1.94 bits per heavy atom. The van der Waals surface area contributed by atoms with Crippen LogP contribution in [0.25, 0.3) is 0 Å². The number of aliphatic hydroxyl groups excluding tert-OH is 1. The van der Waals surface area contributed by atoms with Crippen LogP contribution in [0.5, 0.6) is 0 Å². The second-order valence-corrected chi connectivity index (χ2v) is 4.47. The van der Waals surface area contributed by atoms with Gasteiger partial charge in [-0.05, 0) is 27.2 Å². The second kappa shape index (κ2) is 6.32. The topological polar surface area (TPSA) is 95.9 Å². The summed E-state index contributed by atoms with van der Waals surface area (Å²) < 4.78 is 4.95. The number of carboxylic acid groups (broad SMARTS) is 1. The number of aliphatic hydroxyl groups is 1. The van der Waals surface area contributed by atoms with Crippen LogP contribution in [-0.4, -0.2) is 40.5 Å². The molecule has 0 heterocycles. The zero-order valence-corrected chi connectivity index (χ0v) is 9.82. The fourth-order valence-corrected chi connectivity index (χ4v) is 0.959. The van der Waals surface area contributed by atoms with Crippen LogP contribution >= 0.6 is 0 Å². The van der Waals surface area contributed by atoms with Gasteiger partial charge in [0.1, 0.15) is 5.60 Å². The van der Waals surface area contributed by atoms with Crippen LogP contribution in [0.3, 0.4) is 0 Å². The number of nitrogens with one attached hydrogen (secondary N) is 1. The molecule has 0 aromatic heterocycles. The molecule has 0 aliphatic carbocycles. The second-order valence-electron chi connectivity index (χ2n) is 4.47. The van der Waals surface area contributed by atoms with E-state index in [0.717, 1.165) is 0 Å². The largest absolute Gasteiger partial charge is 0.481 e. The molecule has 94 valence electrons. The Morgan fingerprint density at radius 3 is 2.38 bits per heavy atom. The third kappa shape index (κ3) is 9.26. The van der Waals surface area contributed by atoms with E-state index in [1.165, 1.54) is 0 Å². The van der Waals surface area contributed by atoms with Gasteiger partial charge in [-0.3, -0.25) is 4.79 Å². The smallest absolute Gasteiger partial charge is 0.407 e. The van der Waals surface area contributed by atoms with Gasteiger partial charge in [0.15, 0.2) is 0 Å². The predicted molar refractivity (Wildman–Crippen MR) is 57.1 cm³/mol. The molecule has 6 heteroatoms. The molecular formula is C10H19NO5. The van der Waals surface area contributed by atoms with Crippen LogP contribution in [0.15, 0.2) is 0 Å². The molecule has 0 aliphatic rings. The fourth-order valence-electron chi connectivity index (χ4n) is 0.959. The number of aliphatic carboxylic acids is 1. The molecule has 0 aromatic carbocycles. The van der Waals surface area contributed by atoms with E-state index in [1.54, 1.807) is 20.8 Å². The molecule has 6 nitrogen and oxygen atoms in total. The average Bonchev–Trinajstić information content (AvgIpc) is 1.98. The first kappa shape index (κ1) is 14.7. The van der Waals surface area contributed by atoms with Crippen molar-refractivity contribution >= 4 is 12.1 Å². The molecule has 0 bridgehead atoms. The third-order valence-corrected chi connectivity index (χ3v) is 1.56. The maximum absolute atomic E-state index is 11.1. The Labute approximate surface area is 94.6 Å². The van der Waals surface area contributed by atoms with Crippen LogP contribution in [0.4, 0.5) is 4.79 Å². The van der Waals surface area contributed by atoms with E-state index >= 15 is 0 Å². The first-order valence-corrected chi connectivity index (χ1v) is 5.07. The lowest BCUT2D eigenvalue weighted by Crippen LogP contribution is -2.34. The molecule has 0 fully saturated rings. The lowest BCUT2D eigenvalue weighted by Gasteiger charge is -2.19. The van der Waals surface area contributed by atoms with E-state index in [2.05, 4.69) is 5.32 Å². The Hall–Kier alpha value is -1.30. The van der Waals surface area contributed by atoms with Gasteiger partial charge in [0.05, 0.1) is 12.5 Å². The van der Waals surface area contributed by atoms with Gasteiger partial charge < -0.3 is 20.3 Å². The molecule has 0 aromatic rings. The van der Waals surface area contributed by atoms with E-state index in [9.17, 15) is 14.7 Å². The van der Waals surface area contributed by atoms with Crippen molar-refractivity contribution in [2.24, 2.45) is 0 Å². The van der Waals surface area contributed by atoms with Crippen molar-refractivity contribution in [2.75, 3.05) is 6.54 Å². The summed E-state index contributed by atoms with van der Waals surface area (Å²) in [6.07, 6.45) is -1.66. The van der Waals surface area contributed by atoms with Crippen molar-refractivity contribution in [3.63, 3.8) is 0 Å². The summed E-state index contributed by atoms with van der Waals surface area (Å²) in [6.45, 7) is 5.41. The first-order chi connectivity index (χ1) is 7.20. The maximum Gasteiger partial charge on any atom is 0.407 e. The van der Waals surface area contributed by atoms with Gasteiger partial charge in [0.2, 0.25) is 0 Å². The van der Waals surface area contributed by atoms with Crippen molar-refractivity contribution in [3.05, 3.63) is 0 Å². The molecule has 1 amide bonds. The Kier molecular flexibility index (Phi) is 5.81. The molecule has 3 N–H and O–H groups in total. The Bertz CT molecular complexity index is 246. The summed E-state index contributed by atoms with van der Waals surface area (Å²) >= 11 is 0. The molecule has 0 aliphatic heterocycles. The third-order valence-electron chi connectivity index (χ3n) is 1.56. The number of amides is 1. The van der Waals surface area contributed by atoms with E-state index in [0.29, 0.717) is 0 Å². The van der Waals surface area contributed by atoms with Crippen LogP contribution in [-0.2, 0) is 9.53 Å². The predicted octanol–water partition coefficient (Wildman–Crippen LogP) is 0.737. The SMILES string of the molecule is CC(C)(C)OC(=O)NCCC(O)CC(=O)O. The van der Waals surface area contributed by atoms with E-state index in [1.807, 2.05) is 0 Å². The number of carboxylic acids is 1. The molecular weight excluding hydrogens is 214 g/mol. The highest BCUT2D eigenvalue weighted by atomic mass is 16.6. The number of rotatable bonds is 5. The van der Waals surface area contributed by atoms with E-state index in [-0.39, 0.29) is 19.4 Å². The minimum Gasteiger partial charge on any atom is -0.481 e. The number of hydrogen-bond acceptors (Lipinski definition) is 4. The number of carbonyl (C=O) groups excluding carboxylic acids is 1. The van der Waals surface area contributed by atoms with Gasteiger partial charge in [0, 0.05) is 6.54 Å². The lowest BCUT2D eigenvalue weighted by molar-refractivity contribution is -0.139. The van der Waals surface area contributed by atoms with E-state index < -0.39 is 23.8 Å². The minimum atomic E-state index is -1.07. The number of carbonyl (C=O) groups is 2.